The number of hydrogen-bond donors (Lipinski definition) is 0. The van der Waals surface area contributed by atoms with Crippen LogP contribution in [0.15, 0.2) is 54.6 Å². The lowest BCUT2D eigenvalue weighted by molar-refractivity contribution is -0.138. The number of hydrogen-bond acceptors (Lipinski definition) is 3. The van der Waals surface area contributed by atoms with Crippen molar-refractivity contribution in [1.82, 2.24) is 0 Å². The van der Waals surface area contributed by atoms with E-state index in [0.29, 0.717) is 0 Å². The van der Waals surface area contributed by atoms with Gasteiger partial charge in [0.15, 0.2) is 6.10 Å². The molecule has 1 aliphatic heterocycles. The summed E-state index contributed by atoms with van der Waals surface area (Å²) in [6.07, 6.45) is 1.20. The molecule has 0 saturated heterocycles. The number of cyclic esters (lactones) is 1. The molecule has 0 saturated carbocycles. The molecule has 0 aliphatic carbocycles. The molecule has 1 unspecified atom stereocenters. The molecule has 3 heteroatoms. The highest BCUT2D eigenvalue weighted by molar-refractivity contribution is 5.97. The SMILES string of the molecule is COc1cccc(C2=CC(=O)OC2c2ccc(C)cc2)c1. The Kier molecular flexibility index (Phi) is 3.48. The summed E-state index contributed by atoms with van der Waals surface area (Å²) in [6, 6.07) is 15.7. The first kappa shape index (κ1) is 13.4. The van der Waals surface area contributed by atoms with Gasteiger partial charge in [-0.05, 0) is 30.2 Å². The molecule has 0 amide bonds. The average molecular weight is 280 g/mol. The van der Waals surface area contributed by atoms with E-state index in [9.17, 15) is 4.79 Å². The van der Waals surface area contributed by atoms with Crippen molar-refractivity contribution in [2.45, 2.75) is 13.0 Å². The lowest BCUT2D eigenvalue weighted by atomic mass is 9.95. The van der Waals surface area contributed by atoms with Crippen molar-refractivity contribution < 1.29 is 14.3 Å². The van der Waals surface area contributed by atoms with Crippen molar-refractivity contribution >= 4 is 11.5 Å². The van der Waals surface area contributed by atoms with Gasteiger partial charge in [0.1, 0.15) is 5.75 Å². The van der Waals surface area contributed by atoms with E-state index in [2.05, 4.69) is 0 Å². The summed E-state index contributed by atoms with van der Waals surface area (Å²) in [5.41, 5.74) is 3.95. The van der Waals surface area contributed by atoms with Gasteiger partial charge in [0.05, 0.1) is 7.11 Å². The van der Waals surface area contributed by atoms with Crippen molar-refractivity contribution in [3.63, 3.8) is 0 Å². The first-order chi connectivity index (χ1) is 10.2. The minimum Gasteiger partial charge on any atom is -0.497 e. The summed E-state index contributed by atoms with van der Waals surface area (Å²) in [7, 11) is 1.63. The van der Waals surface area contributed by atoms with Crippen LogP contribution in [-0.4, -0.2) is 13.1 Å². The maximum atomic E-state index is 11.7. The Bertz CT molecular complexity index is 699. The van der Waals surface area contributed by atoms with Gasteiger partial charge >= 0.3 is 5.97 Å². The molecule has 3 rings (SSSR count). The third-order valence-corrected chi connectivity index (χ3v) is 3.57. The first-order valence-electron chi connectivity index (χ1n) is 6.80. The van der Waals surface area contributed by atoms with Gasteiger partial charge < -0.3 is 9.47 Å². The Balaban J connectivity index is 2.00. The number of carbonyl (C=O) groups is 1. The van der Waals surface area contributed by atoms with Crippen LogP contribution >= 0.6 is 0 Å². The standard InChI is InChI=1S/C18H16O3/c1-12-6-8-13(9-7-12)18-16(11-17(19)21-18)14-4-3-5-15(10-14)20-2/h3-11,18H,1-2H3. The van der Waals surface area contributed by atoms with Crippen LogP contribution in [0.1, 0.15) is 22.8 Å². The molecule has 1 atom stereocenters. The quantitative estimate of drug-likeness (QED) is 0.804. The molecule has 0 aromatic heterocycles. The molecule has 3 nitrogen and oxygen atoms in total. The number of esters is 1. The molecule has 106 valence electrons. The van der Waals surface area contributed by atoms with Gasteiger partial charge in [0.25, 0.3) is 0 Å². The Morgan fingerprint density at radius 2 is 1.86 bits per heavy atom. The van der Waals surface area contributed by atoms with E-state index in [1.165, 1.54) is 5.56 Å². The Hall–Kier alpha value is -2.55. The number of methoxy groups -OCH3 is 1. The van der Waals surface area contributed by atoms with Gasteiger partial charge in [0.2, 0.25) is 0 Å². The zero-order valence-electron chi connectivity index (χ0n) is 12.0. The maximum Gasteiger partial charge on any atom is 0.332 e. The molecule has 0 bridgehead atoms. The van der Waals surface area contributed by atoms with E-state index in [1.807, 2.05) is 55.5 Å². The summed E-state index contributed by atoms with van der Waals surface area (Å²) in [5, 5.41) is 0. The fourth-order valence-electron chi connectivity index (χ4n) is 2.44. The van der Waals surface area contributed by atoms with E-state index in [0.717, 1.165) is 22.4 Å². The third kappa shape index (κ3) is 2.68. The first-order valence-corrected chi connectivity index (χ1v) is 6.80. The van der Waals surface area contributed by atoms with Crippen LogP contribution in [0, 0.1) is 6.92 Å². The average Bonchev–Trinajstić information content (AvgIpc) is 2.90. The molecule has 21 heavy (non-hydrogen) atoms. The maximum absolute atomic E-state index is 11.7. The second kappa shape index (κ2) is 5.44. The van der Waals surface area contributed by atoms with Crippen LogP contribution in [-0.2, 0) is 9.53 Å². The molecule has 2 aromatic rings. The van der Waals surface area contributed by atoms with E-state index in [4.69, 9.17) is 9.47 Å². The minimum atomic E-state index is -0.356. The van der Waals surface area contributed by atoms with Crippen molar-refractivity contribution in [3.05, 3.63) is 71.3 Å². The van der Waals surface area contributed by atoms with Gasteiger partial charge in [-0.3, -0.25) is 0 Å². The third-order valence-electron chi connectivity index (χ3n) is 3.57. The monoisotopic (exact) mass is 280 g/mol. The summed E-state index contributed by atoms with van der Waals surface area (Å²) in [4.78, 5) is 11.7. The molecule has 0 spiro atoms. The van der Waals surface area contributed by atoms with Crippen LogP contribution in [0.5, 0.6) is 5.75 Å². The number of ether oxygens (including phenoxy) is 2. The molecular weight excluding hydrogens is 264 g/mol. The van der Waals surface area contributed by atoms with Crippen LogP contribution in [0.2, 0.25) is 0 Å². The van der Waals surface area contributed by atoms with Gasteiger partial charge in [-0.1, -0.05) is 42.0 Å². The zero-order valence-corrected chi connectivity index (χ0v) is 12.0. The lowest BCUT2D eigenvalue weighted by Crippen LogP contribution is -2.03. The fraction of sp³-hybridized carbons (Fsp3) is 0.167. The van der Waals surface area contributed by atoms with Gasteiger partial charge in [-0.25, -0.2) is 4.79 Å². The predicted octanol–water partition coefficient (Wildman–Crippen LogP) is 3.69. The fourth-order valence-corrected chi connectivity index (χ4v) is 2.44. The van der Waals surface area contributed by atoms with Crippen LogP contribution in [0.3, 0.4) is 0 Å². The van der Waals surface area contributed by atoms with E-state index in [-0.39, 0.29) is 12.1 Å². The highest BCUT2D eigenvalue weighted by Gasteiger charge is 2.28. The lowest BCUT2D eigenvalue weighted by Gasteiger charge is -2.15. The topological polar surface area (TPSA) is 35.5 Å². The van der Waals surface area contributed by atoms with Crippen LogP contribution in [0.4, 0.5) is 0 Å². The number of carbonyl (C=O) groups excluding carboxylic acids is 1. The predicted molar refractivity (Wildman–Crippen MR) is 81.0 cm³/mol. The number of rotatable bonds is 3. The number of benzene rings is 2. The molecule has 0 radical (unpaired) electrons. The Labute approximate surface area is 123 Å². The number of aryl methyl sites for hydroxylation is 1. The van der Waals surface area contributed by atoms with Crippen molar-refractivity contribution in [1.29, 1.82) is 0 Å². The van der Waals surface area contributed by atoms with Crippen LogP contribution < -0.4 is 4.74 Å². The molecule has 0 fully saturated rings. The Morgan fingerprint density at radius 1 is 1.10 bits per heavy atom. The van der Waals surface area contributed by atoms with E-state index >= 15 is 0 Å². The summed E-state index contributed by atoms with van der Waals surface area (Å²) in [6.45, 7) is 2.03. The Morgan fingerprint density at radius 3 is 2.57 bits per heavy atom. The molecule has 1 aliphatic rings. The van der Waals surface area contributed by atoms with E-state index in [1.54, 1.807) is 13.2 Å². The summed E-state index contributed by atoms with van der Waals surface area (Å²) >= 11 is 0. The molecule has 0 N–H and O–H groups in total. The second-order valence-electron chi connectivity index (χ2n) is 5.06. The summed E-state index contributed by atoms with van der Waals surface area (Å²) in [5.74, 6) is 0.453. The molecule has 2 aromatic carbocycles. The summed E-state index contributed by atoms with van der Waals surface area (Å²) < 4.78 is 10.7. The minimum absolute atomic E-state index is 0.307. The second-order valence-corrected chi connectivity index (χ2v) is 5.06. The molecule has 1 heterocycles. The largest absolute Gasteiger partial charge is 0.497 e. The van der Waals surface area contributed by atoms with Crippen LogP contribution in [0.25, 0.3) is 5.57 Å². The van der Waals surface area contributed by atoms with Gasteiger partial charge in [-0.2, -0.15) is 0 Å². The highest BCUT2D eigenvalue weighted by atomic mass is 16.5. The van der Waals surface area contributed by atoms with Crippen molar-refractivity contribution in [2.75, 3.05) is 7.11 Å². The van der Waals surface area contributed by atoms with Gasteiger partial charge in [-0.15, -0.1) is 0 Å². The van der Waals surface area contributed by atoms with Gasteiger partial charge in [0, 0.05) is 11.6 Å². The highest BCUT2D eigenvalue weighted by Crippen LogP contribution is 2.38. The smallest absolute Gasteiger partial charge is 0.332 e. The van der Waals surface area contributed by atoms with Crippen molar-refractivity contribution in [2.24, 2.45) is 0 Å². The molecular formula is C18H16O3. The van der Waals surface area contributed by atoms with Crippen molar-refractivity contribution in [3.8, 4) is 5.75 Å². The van der Waals surface area contributed by atoms with E-state index < -0.39 is 0 Å². The normalized spacial score (nSPS) is 17.3. The zero-order chi connectivity index (χ0) is 14.8.